The summed E-state index contributed by atoms with van der Waals surface area (Å²) in [4.78, 5) is 0. The average molecular weight is 275 g/mol. The summed E-state index contributed by atoms with van der Waals surface area (Å²) in [6.07, 6.45) is 1.89. The number of ether oxygens (including phenoxy) is 2. The fourth-order valence-corrected chi connectivity index (χ4v) is 0.907. The molecular formula is C14H33N3O2. The molecule has 0 unspecified atom stereocenters. The van der Waals surface area contributed by atoms with Gasteiger partial charge >= 0.3 is 0 Å². The Morgan fingerprint density at radius 3 is 2.00 bits per heavy atom. The van der Waals surface area contributed by atoms with Gasteiger partial charge in [-0.2, -0.15) is 0 Å². The van der Waals surface area contributed by atoms with Crippen LogP contribution in [0.5, 0.6) is 0 Å². The molecule has 0 spiro atoms. The fraction of sp³-hybridized carbons (Fsp3) is 0.857. The Labute approximate surface area is 119 Å². The molecule has 19 heavy (non-hydrogen) atoms. The van der Waals surface area contributed by atoms with Gasteiger partial charge in [-0.15, -0.1) is 5.10 Å². The number of aryl methyl sites for hydroxylation is 1. The molecule has 0 bridgehead atoms. The predicted molar refractivity (Wildman–Crippen MR) is 81.5 cm³/mol. The molecule has 1 heterocycles. The molecule has 0 atom stereocenters. The molecular weight excluding hydrogens is 242 g/mol. The molecule has 0 aliphatic rings. The van der Waals surface area contributed by atoms with Crippen molar-refractivity contribution in [1.82, 2.24) is 15.0 Å². The van der Waals surface area contributed by atoms with Crippen LogP contribution >= 0.6 is 0 Å². The lowest BCUT2D eigenvalue weighted by atomic mass is 10.5. The van der Waals surface area contributed by atoms with Gasteiger partial charge in [0.05, 0.1) is 32.1 Å². The Bertz CT molecular complexity index is 240. The molecule has 1 aromatic rings. The first-order valence-corrected chi connectivity index (χ1v) is 7.26. The summed E-state index contributed by atoms with van der Waals surface area (Å²) in [6.45, 7) is 16.6. The molecule has 0 fully saturated rings. The normalized spacial score (nSPS) is 8.21. The molecule has 0 aliphatic heterocycles. The first-order valence-electron chi connectivity index (χ1n) is 7.26. The number of aromatic nitrogens is 3. The lowest BCUT2D eigenvalue weighted by molar-refractivity contribution is 0.0652. The van der Waals surface area contributed by atoms with Crippen molar-refractivity contribution in [3.8, 4) is 0 Å². The van der Waals surface area contributed by atoms with Crippen LogP contribution in [0.3, 0.4) is 0 Å². The summed E-state index contributed by atoms with van der Waals surface area (Å²) in [5.74, 6) is 0. The zero-order valence-electron chi connectivity index (χ0n) is 14.1. The highest BCUT2D eigenvalue weighted by Crippen LogP contribution is 1.89. The highest BCUT2D eigenvalue weighted by Gasteiger charge is 1.94. The highest BCUT2D eigenvalue weighted by molar-refractivity contribution is 4.86. The third-order valence-corrected chi connectivity index (χ3v) is 1.55. The van der Waals surface area contributed by atoms with Crippen LogP contribution < -0.4 is 0 Å². The van der Waals surface area contributed by atoms with E-state index in [1.807, 2.05) is 54.7 Å². The zero-order chi connectivity index (χ0) is 15.5. The van der Waals surface area contributed by atoms with Crippen molar-refractivity contribution in [1.29, 1.82) is 0 Å². The van der Waals surface area contributed by atoms with E-state index in [9.17, 15) is 0 Å². The first-order chi connectivity index (χ1) is 9.33. The van der Waals surface area contributed by atoms with E-state index in [1.165, 1.54) is 0 Å². The molecule has 0 saturated heterocycles. The third-order valence-electron chi connectivity index (χ3n) is 1.55. The predicted octanol–water partition coefficient (Wildman–Crippen LogP) is 3.33. The van der Waals surface area contributed by atoms with E-state index in [0.29, 0.717) is 19.8 Å². The van der Waals surface area contributed by atoms with Crippen molar-refractivity contribution in [3.05, 3.63) is 11.9 Å². The van der Waals surface area contributed by atoms with Crippen LogP contribution in [0, 0.1) is 6.92 Å². The van der Waals surface area contributed by atoms with E-state index < -0.39 is 0 Å². The van der Waals surface area contributed by atoms with Crippen molar-refractivity contribution in [2.45, 2.75) is 55.0 Å². The fourth-order valence-electron chi connectivity index (χ4n) is 0.907. The first kappa shape index (κ1) is 23.2. The SMILES string of the molecule is CC.CC.CC.COCCOCCn1cc(C)nn1. The molecule has 0 aromatic carbocycles. The average Bonchev–Trinajstić information content (AvgIpc) is 2.91. The van der Waals surface area contributed by atoms with Crippen LogP contribution in [0.15, 0.2) is 6.20 Å². The van der Waals surface area contributed by atoms with Crippen LogP contribution in [0.2, 0.25) is 0 Å². The third kappa shape index (κ3) is 17.1. The van der Waals surface area contributed by atoms with Crippen molar-refractivity contribution < 1.29 is 9.47 Å². The molecule has 1 aromatic heterocycles. The second kappa shape index (κ2) is 22.3. The van der Waals surface area contributed by atoms with E-state index in [0.717, 1.165) is 12.2 Å². The van der Waals surface area contributed by atoms with Gasteiger partial charge in [0.25, 0.3) is 0 Å². The van der Waals surface area contributed by atoms with Crippen LogP contribution in [-0.2, 0) is 16.0 Å². The maximum atomic E-state index is 5.27. The summed E-state index contributed by atoms with van der Waals surface area (Å²) >= 11 is 0. The maximum absolute atomic E-state index is 5.27. The van der Waals surface area contributed by atoms with Crippen LogP contribution in [0.25, 0.3) is 0 Å². The van der Waals surface area contributed by atoms with E-state index in [4.69, 9.17) is 9.47 Å². The summed E-state index contributed by atoms with van der Waals surface area (Å²) < 4.78 is 11.9. The lowest BCUT2D eigenvalue weighted by Gasteiger charge is -2.02. The van der Waals surface area contributed by atoms with Gasteiger partial charge in [0.2, 0.25) is 0 Å². The van der Waals surface area contributed by atoms with Crippen LogP contribution in [0.4, 0.5) is 0 Å². The van der Waals surface area contributed by atoms with Crippen molar-refractivity contribution in [2.75, 3.05) is 26.9 Å². The number of nitrogens with zero attached hydrogens (tertiary/aromatic N) is 3. The highest BCUT2D eigenvalue weighted by atomic mass is 16.5. The molecule has 0 aliphatic carbocycles. The van der Waals surface area contributed by atoms with Gasteiger partial charge in [-0.05, 0) is 6.92 Å². The molecule has 0 saturated carbocycles. The molecule has 0 N–H and O–H groups in total. The zero-order valence-corrected chi connectivity index (χ0v) is 14.1. The largest absolute Gasteiger partial charge is 0.382 e. The van der Waals surface area contributed by atoms with Gasteiger partial charge < -0.3 is 9.47 Å². The van der Waals surface area contributed by atoms with E-state index in [1.54, 1.807) is 11.8 Å². The second-order valence-electron chi connectivity index (χ2n) is 2.73. The monoisotopic (exact) mass is 275 g/mol. The van der Waals surface area contributed by atoms with E-state index in [-0.39, 0.29) is 0 Å². The van der Waals surface area contributed by atoms with Crippen LogP contribution in [0.1, 0.15) is 47.2 Å². The smallest absolute Gasteiger partial charge is 0.0796 e. The van der Waals surface area contributed by atoms with Gasteiger partial charge in [0, 0.05) is 13.3 Å². The molecule has 5 heteroatoms. The number of rotatable bonds is 6. The quantitative estimate of drug-likeness (QED) is 0.747. The molecule has 1 rings (SSSR count). The Morgan fingerprint density at radius 1 is 1.00 bits per heavy atom. The van der Waals surface area contributed by atoms with Crippen molar-refractivity contribution in [2.24, 2.45) is 0 Å². The number of hydrogen-bond donors (Lipinski definition) is 0. The Hall–Kier alpha value is -0.940. The minimum Gasteiger partial charge on any atom is -0.382 e. The van der Waals surface area contributed by atoms with Gasteiger partial charge in [-0.3, -0.25) is 0 Å². The van der Waals surface area contributed by atoms with Gasteiger partial charge in [-0.1, -0.05) is 46.8 Å². The summed E-state index contributed by atoms with van der Waals surface area (Å²) in [6, 6.07) is 0. The molecule has 116 valence electrons. The molecule has 0 amide bonds. The number of hydrogen-bond acceptors (Lipinski definition) is 4. The summed E-state index contributed by atoms with van der Waals surface area (Å²) in [5, 5.41) is 7.75. The van der Waals surface area contributed by atoms with Gasteiger partial charge in [-0.25, -0.2) is 4.68 Å². The minimum absolute atomic E-state index is 0.629. The Morgan fingerprint density at radius 2 is 1.58 bits per heavy atom. The second-order valence-corrected chi connectivity index (χ2v) is 2.73. The Balaban J connectivity index is -0.000000375. The van der Waals surface area contributed by atoms with Gasteiger partial charge in [0.1, 0.15) is 0 Å². The van der Waals surface area contributed by atoms with Gasteiger partial charge in [0.15, 0.2) is 0 Å². The topological polar surface area (TPSA) is 49.2 Å². The van der Waals surface area contributed by atoms with E-state index in [2.05, 4.69) is 10.3 Å². The maximum Gasteiger partial charge on any atom is 0.0796 e. The lowest BCUT2D eigenvalue weighted by Crippen LogP contribution is -2.09. The minimum atomic E-state index is 0.629. The standard InChI is InChI=1S/C8H15N3O2.3C2H6/c1-8-7-11(10-9-8)3-4-13-6-5-12-2;3*1-2/h7H,3-6H2,1-2H3;3*1-2H3. The summed E-state index contributed by atoms with van der Waals surface area (Å²) in [5.41, 5.74) is 0.928. The van der Waals surface area contributed by atoms with Crippen LogP contribution in [-0.4, -0.2) is 41.9 Å². The van der Waals surface area contributed by atoms with Crippen molar-refractivity contribution in [3.63, 3.8) is 0 Å². The molecule has 5 nitrogen and oxygen atoms in total. The number of methoxy groups -OCH3 is 1. The Kier molecular flexibility index (Phi) is 27.2. The van der Waals surface area contributed by atoms with E-state index >= 15 is 0 Å². The summed E-state index contributed by atoms with van der Waals surface area (Å²) in [7, 11) is 1.66. The van der Waals surface area contributed by atoms with Crippen molar-refractivity contribution >= 4 is 0 Å². The molecule has 0 radical (unpaired) electrons.